The topological polar surface area (TPSA) is 57.6 Å². The minimum atomic E-state index is -0.00915. The molecule has 1 N–H and O–H groups in total. The van der Waals surface area contributed by atoms with Crippen LogP contribution >= 0.6 is 0 Å². The summed E-state index contributed by atoms with van der Waals surface area (Å²) < 4.78 is 0. The summed E-state index contributed by atoms with van der Waals surface area (Å²) in [6, 6.07) is 21.1. The SMILES string of the molecule is CC=Nc1ccc(-c2ccc3ncc(C(C)=O)c(Nc4cccc(CCN5CCCC5)c4)c3c2)cc1C. The molecular formula is C32H34N4O. The first kappa shape index (κ1) is 24.8. The number of likely N-dealkylation sites (tertiary alicyclic amines) is 1. The lowest BCUT2D eigenvalue weighted by molar-refractivity contribution is 0.101. The van der Waals surface area contributed by atoms with Gasteiger partial charge in [-0.05, 0) is 112 Å². The van der Waals surface area contributed by atoms with E-state index in [4.69, 9.17) is 0 Å². The zero-order valence-electron chi connectivity index (χ0n) is 21.9. The summed E-state index contributed by atoms with van der Waals surface area (Å²) in [7, 11) is 0. The van der Waals surface area contributed by atoms with Crippen LogP contribution in [0, 0.1) is 6.92 Å². The van der Waals surface area contributed by atoms with Gasteiger partial charge in [-0.2, -0.15) is 0 Å². The molecule has 5 heteroatoms. The molecule has 0 radical (unpaired) electrons. The maximum absolute atomic E-state index is 12.6. The molecule has 1 aliphatic rings. The van der Waals surface area contributed by atoms with Crippen molar-refractivity contribution in [1.82, 2.24) is 9.88 Å². The van der Waals surface area contributed by atoms with Crippen molar-refractivity contribution >= 4 is 40.0 Å². The summed E-state index contributed by atoms with van der Waals surface area (Å²) in [5.41, 5.74) is 8.81. The van der Waals surface area contributed by atoms with E-state index < -0.39 is 0 Å². The minimum Gasteiger partial charge on any atom is -0.354 e. The standard InChI is InChI=1S/C32H34N4O/c1-4-33-30-12-10-25(18-22(30)2)26-11-13-31-28(20-26)32(29(21-34-31)23(3)37)35-27-9-7-8-24(19-27)14-17-36-15-5-6-16-36/h4,7-13,18-21H,5-6,14-17H2,1-3H3,(H,34,35). The summed E-state index contributed by atoms with van der Waals surface area (Å²) in [5, 5.41) is 4.52. The number of aliphatic imine (C=N–C) groups is 1. The first-order valence-electron chi connectivity index (χ1n) is 13.1. The van der Waals surface area contributed by atoms with Crippen LogP contribution in [0.1, 0.15) is 48.2 Å². The van der Waals surface area contributed by atoms with Gasteiger partial charge in [0.05, 0.1) is 22.5 Å². The van der Waals surface area contributed by atoms with Gasteiger partial charge in [-0.3, -0.25) is 14.8 Å². The molecule has 0 aliphatic carbocycles. The van der Waals surface area contributed by atoms with E-state index in [1.165, 1.54) is 31.5 Å². The number of nitrogens with one attached hydrogen (secondary N) is 1. The van der Waals surface area contributed by atoms with Gasteiger partial charge in [0, 0.05) is 30.0 Å². The van der Waals surface area contributed by atoms with Gasteiger partial charge in [-0.15, -0.1) is 0 Å². The number of pyridine rings is 1. The van der Waals surface area contributed by atoms with Crippen LogP contribution in [0.15, 0.2) is 71.9 Å². The van der Waals surface area contributed by atoms with Crippen LogP contribution < -0.4 is 5.32 Å². The van der Waals surface area contributed by atoms with Crippen LogP contribution in [-0.2, 0) is 6.42 Å². The second-order valence-corrected chi connectivity index (χ2v) is 9.85. The van der Waals surface area contributed by atoms with Gasteiger partial charge in [0.1, 0.15) is 0 Å². The Morgan fingerprint density at radius 3 is 2.59 bits per heavy atom. The van der Waals surface area contributed by atoms with Crippen molar-refractivity contribution in [2.24, 2.45) is 4.99 Å². The molecule has 4 aromatic rings. The van der Waals surface area contributed by atoms with Crippen molar-refractivity contribution in [3.05, 3.63) is 83.6 Å². The van der Waals surface area contributed by atoms with E-state index >= 15 is 0 Å². The number of benzene rings is 3. The summed E-state index contributed by atoms with van der Waals surface area (Å²) in [6.45, 7) is 9.10. The second kappa shape index (κ2) is 11.1. The van der Waals surface area contributed by atoms with Crippen molar-refractivity contribution in [3.63, 3.8) is 0 Å². The number of fused-ring (bicyclic) bond motifs is 1. The lowest BCUT2D eigenvalue weighted by Crippen LogP contribution is -2.21. The molecule has 0 spiro atoms. The van der Waals surface area contributed by atoms with Crippen molar-refractivity contribution in [3.8, 4) is 11.1 Å². The van der Waals surface area contributed by atoms with Gasteiger partial charge in [0.2, 0.25) is 0 Å². The molecule has 0 atom stereocenters. The fourth-order valence-electron chi connectivity index (χ4n) is 5.14. The van der Waals surface area contributed by atoms with Gasteiger partial charge in [0.25, 0.3) is 0 Å². The zero-order chi connectivity index (χ0) is 25.8. The van der Waals surface area contributed by atoms with E-state index in [2.05, 4.69) is 75.6 Å². The Hall–Kier alpha value is -3.83. The fraction of sp³-hybridized carbons (Fsp3) is 0.281. The number of ketones is 1. The number of anilines is 2. The number of rotatable bonds is 8. The predicted molar refractivity (Wildman–Crippen MR) is 155 cm³/mol. The number of hydrogen-bond acceptors (Lipinski definition) is 5. The van der Waals surface area contributed by atoms with Crippen molar-refractivity contribution < 1.29 is 4.79 Å². The predicted octanol–water partition coefficient (Wildman–Crippen LogP) is 7.52. The molecule has 37 heavy (non-hydrogen) atoms. The lowest BCUT2D eigenvalue weighted by atomic mass is 9.98. The first-order chi connectivity index (χ1) is 18.0. The monoisotopic (exact) mass is 490 g/mol. The Labute approximate surface area is 219 Å². The molecule has 5 nitrogen and oxygen atoms in total. The molecule has 0 unspecified atom stereocenters. The number of nitrogens with zero attached hydrogens (tertiary/aromatic N) is 3. The average molecular weight is 491 g/mol. The highest BCUT2D eigenvalue weighted by Crippen LogP contribution is 2.34. The summed E-state index contributed by atoms with van der Waals surface area (Å²) in [4.78, 5) is 24.2. The van der Waals surface area contributed by atoms with Crippen molar-refractivity contribution in [2.75, 3.05) is 25.0 Å². The van der Waals surface area contributed by atoms with E-state index in [0.29, 0.717) is 5.56 Å². The van der Waals surface area contributed by atoms with Crippen molar-refractivity contribution in [2.45, 2.75) is 40.0 Å². The van der Waals surface area contributed by atoms with Crippen LogP contribution in [0.4, 0.5) is 17.1 Å². The van der Waals surface area contributed by atoms with Crippen LogP contribution in [0.2, 0.25) is 0 Å². The van der Waals surface area contributed by atoms with Crippen LogP contribution in [0.5, 0.6) is 0 Å². The van der Waals surface area contributed by atoms with E-state index in [1.54, 1.807) is 13.1 Å². The second-order valence-electron chi connectivity index (χ2n) is 9.85. The molecule has 188 valence electrons. The quantitative estimate of drug-likeness (QED) is 0.205. The van der Waals surface area contributed by atoms with Gasteiger partial charge in [-0.1, -0.05) is 24.3 Å². The smallest absolute Gasteiger partial charge is 0.163 e. The fourth-order valence-corrected chi connectivity index (χ4v) is 5.14. The highest BCUT2D eigenvalue weighted by atomic mass is 16.1. The maximum atomic E-state index is 12.6. The van der Waals surface area contributed by atoms with Gasteiger partial charge >= 0.3 is 0 Å². The number of aromatic nitrogens is 1. The number of hydrogen-bond donors (Lipinski definition) is 1. The number of aryl methyl sites for hydroxylation is 1. The molecule has 0 bridgehead atoms. The Bertz CT molecular complexity index is 1470. The third kappa shape index (κ3) is 5.62. The molecule has 0 saturated carbocycles. The third-order valence-corrected chi connectivity index (χ3v) is 7.16. The number of carbonyl (C=O) groups excluding carboxylic acids is 1. The van der Waals surface area contributed by atoms with Gasteiger partial charge in [-0.25, -0.2) is 0 Å². The normalized spacial score (nSPS) is 14.0. The summed E-state index contributed by atoms with van der Waals surface area (Å²) in [6.07, 6.45) is 7.14. The van der Waals surface area contributed by atoms with E-state index in [9.17, 15) is 4.79 Å². The highest BCUT2D eigenvalue weighted by Gasteiger charge is 2.15. The molecule has 0 amide bonds. The Kier molecular flexibility index (Phi) is 7.42. The van der Waals surface area contributed by atoms with E-state index in [-0.39, 0.29) is 5.78 Å². The summed E-state index contributed by atoms with van der Waals surface area (Å²) >= 11 is 0. The molecule has 2 heterocycles. The Morgan fingerprint density at radius 1 is 1.05 bits per heavy atom. The van der Waals surface area contributed by atoms with Crippen LogP contribution in [0.3, 0.4) is 0 Å². The molecule has 1 aromatic heterocycles. The Morgan fingerprint density at radius 2 is 1.84 bits per heavy atom. The lowest BCUT2D eigenvalue weighted by Gasteiger charge is -2.17. The number of carbonyl (C=O) groups is 1. The highest BCUT2D eigenvalue weighted by molar-refractivity contribution is 6.08. The maximum Gasteiger partial charge on any atom is 0.163 e. The first-order valence-corrected chi connectivity index (χ1v) is 13.1. The van der Waals surface area contributed by atoms with E-state index in [0.717, 1.165) is 57.6 Å². The molecule has 1 fully saturated rings. The van der Waals surface area contributed by atoms with Crippen molar-refractivity contribution in [1.29, 1.82) is 0 Å². The Balaban J connectivity index is 1.50. The molecule has 5 rings (SSSR count). The molecule has 1 aliphatic heterocycles. The molecule has 1 saturated heterocycles. The third-order valence-electron chi connectivity index (χ3n) is 7.16. The summed E-state index contributed by atoms with van der Waals surface area (Å²) in [5.74, 6) is -0.00915. The van der Waals surface area contributed by atoms with Gasteiger partial charge in [0.15, 0.2) is 5.78 Å². The van der Waals surface area contributed by atoms with Crippen LogP contribution in [-0.4, -0.2) is 41.5 Å². The number of Topliss-reactive ketones (excluding diaryl/α,β-unsaturated/α-hetero) is 1. The van der Waals surface area contributed by atoms with E-state index in [1.807, 2.05) is 25.3 Å². The largest absolute Gasteiger partial charge is 0.354 e. The molecule has 3 aromatic carbocycles. The average Bonchev–Trinajstić information content (AvgIpc) is 3.43. The zero-order valence-corrected chi connectivity index (χ0v) is 21.9. The molecular weight excluding hydrogens is 456 g/mol. The van der Waals surface area contributed by atoms with Crippen LogP contribution in [0.25, 0.3) is 22.0 Å². The van der Waals surface area contributed by atoms with Gasteiger partial charge < -0.3 is 10.2 Å². The minimum absolute atomic E-state index is 0.00915.